The molecule has 1 aromatic heterocycles. The van der Waals surface area contributed by atoms with Crippen molar-refractivity contribution in [3.63, 3.8) is 0 Å². The molecule has 0 bridgehead atoms. The minimum Gasteiger partial charge on any atom is -0.477 e. The number of nitrogens with zero attached hydrogens (tertiary/aromatic N) is 3. The van der Waals surface area contributed by atoms with Gasteiger partial charge in [-0.1, -0.05) is 0 Å². The number of alkyl halides is 1. The third-order valence-corrected chi connectivity index (χ3v) is 3.12. The zero-order valence-electron chi connectivity index (χ0n) is 10.2. The molecule has 90 valence electrons. The molecule has 0 aromatic carbocycles. The third-order valence-electron chi connectivity index (χ3n) is 2.47. The average molecular weight is 244 g/mol. The van der Waals surface area contributed by atoms with Crippen LogP contribution in [0.25, 0.3) is 0 Å². The fourth-order valence-electron chi connectivity index (χ4n) is 1.12. The molecule has 0 aliphatic rings. The lowest BCUT2D eigenvalue weighted by molar-refractivity contribution is 0.325. The van der Waals surface area contributed by atoms with Gasteiger partial charge in [-0.15, -0.1) is 11.6 Å². The Morgan fingerprint density at radius 2 is 2.12 bits per heavy atom. The van der Waals surface area contributed by atoms with Gasteiger partial charge >= 0.3 is 0 Å². The van der Waals surface area contributed by atoms with Crippen LogP contribution in [-0.4, -0.2) is 35.0 Å². The fraction of sp³-hybridized carbons (Fsp3) is 0.636. The molecule has 0 fully saturated rings. The van der Waals surface area contributed by atoms with E-state index < -0.39 is 0 Å². The maximum atomic E-state index is 5.92. The average Bonchev–Trinajstić information content (AvgIpc) is 2.29. The van der Waals surface area contributed by atoms with Crippen molar-refractivity contribution >= 4 is 17.4 Å². The molecule has 1 aromatic rings. The van der Waals surface area contributed by atoms with E-state index in [4.69, 9.17) is 16.3 Å². The number of hydrogen-bond acceptors (Lipinski definition) is 4. The van der Waals surface area contributed by atoms with Crippen LogP contribution in [0.1, 0.15) is 20.8 Å². The third kappa shape index (κ3) is 2.98. The van der Waals surface area contributed by atoms with E-state index in [1.54, 1.807) is 12.4 Å². The Labute approximate surface area is 102 Å². The molecule has 0 aliphatic carbocycles. The molecule has 0 N–H and O–H groups in total. The zero-order chi connectivity index (χ0) is 12.2. The van der Waals surface area contributed by atoms with E-state index in [0.29, 0.717) is 18.4 Å². The highest BCUT2D eigenvalue weighted by molar-refractivity contribution is 6.18. The quantitative estimate of drug-likeness (QED) is 0.744. The number of halogens is 1. The first-order valence-corrected chi connectivity index (χ1v) is 5.79. The number of rotatable bonds is 5. The first-order chi connectivity index (χ1) is 7.51. The van der Waals surface area contributed by atoms with Crippen LogP contribution in [0.5, 0.6) is 5.88 Å². The van der Waals surface area contributed by atoms with Gasteiger partial charge in [0, 0.05) is 18.5 Å². The highest BCUT2D eigenvalue weighted by Gasteiger charge is 2.24. The molecule has 0 amide bonds. The molecule has 16 heavy (non-hydrogen) atoms. The Balaban J connectivity index is 2.91. The van der Waals surface area contributed by atoms with Crippen molar-refractivity contribution in [1.82, 2.24) is 9.97 Å². The first kappa shape index (κ1) is 13.0. The maximum Gasteiger partial charge on any atom is 0.234 e. The van der Waals surface area contributed by atoms with Crippen LogP contribution in [0.3, 0.4) is 0 Å². The summed E-state index contributed by atoms with van der Waals surface area (Å²) in [6.45, 7) is 6.60. The SMILES string of the molecule is CCOc1cncc(N(C)C(C)(C)CCl)n1. The van der Waals surface area contributed by atoms with Crippen molar-refractivity contribution in [2.24, 2.45) is 0 Å². The fourth-order valence-corrected chi connectivity index (χ4v) is 1.30. The monoisotopic (exact) mass is 243 g/mol. The number of aromatic nitrogens is 2. The van der Waals surface area contributed by atoms with Crippen LogP contribution in [0.2, 0.25) is 0 Å². The number of ether oxygens (including phenoxy) is 1. The number of anilines is 1. The van der Waals surface area contributed by atoms with E-state index in [1.807, 2.05) is 18.9 Å². The summed E-state index contributed by atoms with van der Waals surface area (Å²) < 4.78 is 5.31. The van der Waals surface area contributed by atoms with Crippen LogP contribution in [-0.2, 0) is 0 Å². The van der Waals surface area contributed by atoms with Gasteiger partial charge in [-0.3, -0.25) is 4.98 Å². The van der Waals surface area contributed by atoms with E-state index >= 15 is 0 Å². The van der Waals surface area contributed by atoms with Crippen LogP contribution in [0.4, 0.5) is 5.82 Å². The first-order valence-electron chi connectivity index (χ1n) is 5.26. The highest BCUT2D eigenvalue weighted by Crippen LogP contribution is 2.22. The van der Waals surface area contributed by atoms with Gasteiger partial charge in [-0.05, 0) is 20.8 Å². The Kier molecular flexibility index (Phi) is 4.35. The standard InChI is InChI=1S/C11H18ClN3O/c1-5-16-10-7-13-6-9(14-10)15(4)11(2,3)8-12/h6-7H,5,8H2,1-4H3. The minimum atomic E-state index is -0.166. The molecule has 0 aliphatic heterocycles. The van der Waals surface area contributed by atoms with Crippen molar-refractivity contribution in [1.29, 1.82) is 0 Å². The second kappa shape index (κ2) is 5.34. The molecule has 1 heterocycles. The Bertz CT molecular complexity index is 344. The lowest BCUT2D eigenvalue weighted by atomic mass is 10.1. The van der Waals surface area contributed by atoms with Gasteiger partial charge in [-0.2, -0.15) is 4.98 Å². The molecule has 0 saturated heterocycles. The molecule has 0 atom stereocenters. The summed E-state index contributed by atoms with van der Waals surface area (Å²) in [5, 5.41) is 0. The minimum absolute atomic E-state index is 0.166. The van der Waals surface area contributed by atoms with Gasteiger partial charge in [-0.25, -0.2) is 0 Å². The van der Waals surface area contributed by atoms with E-state index in [1.165, 1.54) is 0 Å². The maximum absolute atomic E-state index is 5.92. The molecule has 0 saturated carbocycles. The molecule has 1 rings (SSSR count). The second-order valence-corrected chi connectivity index (χ2v) is 4.42. The van der Waals surface area contributed by atoms with Crippen molar-refractivity contribution in [3.8, 4) is 5.88 Å². The van der Waals surface area contributed by atoms with Crippen LogP contribution in [0, 0.1) is 0 Å². The van der Waals surface area contributed by atoms with Crippen molar-refractivity contribution in [3.05, 3.63) is 12.4 Å². The van der Waals surface area contributed by atoms with E-state index in [2.05, 4.69) is 23.8 Å². The largest absolute Gasteiger partial charge is 0.477 e. The smallest absolute Gasteiger partial charge is 0.234 e. The van der Waals surface area contributed by atoms with Gasteiger partial charge in [0.2, 0.25) is 5.88 Å². The van der Waals surface area contributed by atoms with Gasteiger partial charge in [0.1, 0.15) is 0 Å². The Hall–Kier alpha value is -1.03. The molecule has 0 spiro atoms. The van der Waals surface area contributed by atoms with Gasteiger partial charge in [0.25, 0.3) is 0 Å². The zero-order valence-corrected chi connectivity index (χ0v) is 11.0. The molecule has 5 heteroatoms. The summed E-state index contributed by atoms with van der Waals surface area (Å²) in [5.74, 6) is 1.82. The predicted molar refractivity (Wildman–Crippen MR) is 66.4 cm³/mol. The summed E-state index contributed by atoms with van der Waals surface area (Å²) in [7, 11) is 1.95. The molecular formula is C11H18ClN3O. The molecule has 0 radical (unpaired) electrons. The van der Waals surface area contributed by atoms with E-state index in [-0.39, 0.29) is 5.54 Å². The van der Waals surface area contributed by atoms with Crippen molar-refractivity contribution in [2.75, 3.05) is 24.4 Å². The normalized spacial score (nSPS) is 11.3. The summed E-state index contributed by atoms with van der Waals surface area (Å²) >= 11 is 5.92. The van der Waals surface area contributed by atoms with E-state index in [9.17, 15) is 0 Å². The molecule has 4 nitrogen and oxygen atoms in total. The lowest BCUT2D eigenvalue weighted by Gasteiger charge is -2.34. The molecular weight excluding hydrogens is 226 g/mol. The van der Waals surface area contributed by atoms with Gasteiger partial charge in [0.15, 0.2) is 5.82 Å². The summed E-state index contributed by atoms with van der Waals surface area (Å²) in [5.41, 5.74) is -0.166. The summed E-state index contributed by atoms with van der Waals surface area (Å²) in [6, 6.07) is 0. The number of hydrogen-bond donors (Lipinski definition) is 0. The summed E-state index contributed by atoms with van der Waals surface area (Å²) in [6.07, 6.45) is 3.31. The topological polar surface area (TPSA) is 38.2 Å². The molecule has 0 unspecified atom stereocenters. The summed E-state index contributed by atoms with van der Waals surface area (Å²) in [4.78, 5) is 10.5. The Morgan fingerprint density at radius 1 is 1.44 bits per heavy atom. The highest BCUT2D eigenvalue weighted by atomic mass is 35.5. The van der Waals surface area contributed by atoms with Crippen molar-refractivity contribution < 1.29 is 4.74 Å². The van der Waals surface area contributed by atoms with Gasteiger partial charge in [0.05, 0.1) is 19.0 Å². The van der Waals surface area contributed by atoms with Crippen LogP contribution in [0.15, 0.2) is 12.4 Å². The van der Waals surface area contributed by atoms with Gasteiger partial charge < -0.3 is 9.64 Å². The second-order valence-electron chi connectivity index (χ2n) is 4.15. The van der Waals surface area contributed by atoms with Crippen LogP contribution >= 0.6 is 11.6 Å². The van der Waals surface area contributed by atoms with Crippen molar-refractivity contribution in [2.45, 2.75) is 26.3 Å². The lowest BCUT2D eigenvalue weighted by Crippen LogP contribution is -2.43. The Morgan fingerprint density at radius 3 is 2.69 bits per heavy atom. The van der Waals surface area contributed by atoms with Crippen LogP contribution < -0.4 is 9.64 Å². The predicted octanol–water partition coefficient (Wildman–Crippen LogP) is 2.33. The van der Waals surface area contributed by atoms with E-state index in [0.717, 1.165) is 5.82 Å².